The number of ether oxygens (including phenoxy) is 1. The molecule has 2 aromatic carbocycles. The van der Waals surface area contributed by atoms with Crippen LogP contribution in [0.25, 0.3) is 11.4 Å². The molecule has 0 atom stereocenters. The number of carbonyl (C=O) groups excluding carboxylic acids is 1. The molecule has 1 aromatic heterocycles. The zero-order chi connectivity index (χ0) is 17.6. The number of nitrogens with zero attached hydrogens (tertiary/aromatic N) is 2. The van der Waals surface area contributed by atoms with Gasteiger partial charge in [-0.3, -0.25) is 0 Å². The predicted octanol–water partition coefficient (Wildman–Crippen LogP) is 4.15. The highest BCUT2D eigenvalue weighted by Gasteiger charge is 2.11. The van der Waals surface area contributed by atoms with Crippen LogP contribution in [0.15, 0.2) is 53.1 Å². The summed E-state index contributed by atoms with van der Waals surface area (Å²) in [6, 6.07) is 15.6. The second-order valence-electron chi connectivity index (χ2n) is 5.96. The molecule has 128 valence electrons. The lowest BCUT2D eigenvalue weighted by Crippen LogP contribution is -1.97. The number of rotatable bonds is 7. The second kappa shape index (κ2) is 7.75. The Kier molecular flexibility index (Phi) is 5.23. The third-order valence-electron chi connectivity index (χ3n) is 3.91. The molecule has 0 aliphatic heterocycles. The van der Waals surface area contributed by atoms with Gasteiger partial charge in [-0.1, -0.05) is 41.6 Å². The van der Waals surface area contributed by atoms with Crippen LogP contribution in [0.1, 0.15) is 30.4 Å². The van der Waals surface area contributed by atoms with Crippen LogP contribution in [0.2, 0.25) is 0 Å². The van der Waals surface area contributed by atoms with Crippen LogP contribution in [-0.4, -0.2) is 15.9 Å². The van der Waals surface area contributed by atoms with Crippen molar-refractivity contribution in [1.29, 1.82) is 0 Å². The number of benzene rings is 2. The van der Waals surface area contributed by atoms with Crippen LogP contribution in [0, 0.1) is 6.92 Å². The van der Waals surface area contributed by atoms with E-state index in [0.717, 1.165) is 28.9 Å². The van der Waals surface area contributed by atoms with E-state index in [-0.39, 0.29) is 12.4 Å². The van der Waals surface area contributed by atoms with E-state index >= 15 is 0 Å². The first-order valence-corrected chi connectivity index (χ1v) is 8.21. The molecule has 0 saturated carbocycles. The Morgan fingerprint density at radius 1 is 1.12 bits per heavy atom. The molecule has 3 aromatic rings. The normalized spacial score (nSPS) is 10.6. The van der Waals surface area contributed by atoms with Gasteiger partial charge in [0, 0.05) is 12.0 Å². The topological polar surface area (TPSA) is 65.2 Å². The van der Waals surface area contributed by atoms with Gasteiger partial charge in [0.25, 0.3) is 5.89 Å². The summed E-state index contributed by atoms with van der Waals surface area (Å²) < 4.78 is 10.9. The molecule has 0 radical (unpaired) electrons. The van der Waals surface area contributed by atoms with Crippen molar-refractivity contribution in [3.8, 4) is 17.1 Å². The Bertz CT molecular complexity index is 853. The number of hydrogen-bond acceptors (Lipinski definition) is 5. The zero-order valence-corrected chi connectivity index (χ0v) is 14.4. The Morgan fingerprint density at radius 2 is 1.88 bits per heavy atom. The minimum Gasteiger partial charge on any atom is -0.484 e. The van der Waals surface area contributed by atoms with Gasteiger partial charge in [0.2, 0.25) is 5.82 Å². The standard InChI is InChI=1S/C20H20N2O3/c1-14-5-3-4-6-18(14)20-21-19(25-22-20)13-24-17-11-9-16(10-12-17)8-7-15(2)23/h3-6,9-12H,7-8,13H2,1-2H3. The van der Waals surface area contributed by atoms with Gasteiger partial charge in [-0.05, 0) is 43.5 Å². The number of carbonyl (C=O) groups is 1. The molecule has 3 rings (SSSR count). The number of hydrogen-bond donors (Lipinski definition) is 0. The van der Waals surface area contributed by atoms with Gasteiger partial charge in [-0.25, -0.2) is 0 Å². The quantitative estimate of drug-likeness (QED) is 0.648. The van der Waals surface area contributed by atoms with Crippen LogP contribution < -0.4 is 4.74 Å². The van der Waals surface area contributed by atoms with Crippen LogP contribution >= 0.6 is 0 Å². The number of Topliss-reactive ketones (excluding diaryl/α,β-unsaturated/α-hetero) is 1. The summed E-state index contributed by atoms with van der Waals surface area (Å²) in [6.45, 7) is 3.83. The Hall–Kier alpha value is -2.95. The molecule has 0 amide bonds. The molecule has 1 heterocycles. The van der Waals surface area contributed by atoms with Crippen molar-refractivity contribution >= 4 is 5.78 Å². The lowest BCUT2D eigenvalue weighted by molar-refractivity contribution is -0.116. The van der Waals surface area contributed by atoms with E-state index in [0.29, 0.717) is 18.1 Å². The maximum Gasteiger partial charge on any atom is 0.264 e. The third kappa shape index (κ3) is 4.53. The fraction of sp³-hybridized carbons (Fsp3) is 0.250. The first-order valence-electron chi connectivity index (χ1n) is 8.21. The minimum absolute atomic E-state index is 0.196. The van der Waals surface area contributed by atoms with Crippen LogP contribution in [0.4, 0.5) is 0 Å². The fourth-order valence-corrected chi connectivity index (χ4v) is 2.46. The number of aryl methyl sites for hydroxylation is 2. The van der Waals surface area contributed by atoms with Gasteiger partial charge in [0.15, 0.2) is 6.61 Å². The molecule has 5 nitrogen and oxygen atoms in total. The molecule has 25 heavy (non-hydrogen) atoms. The molecule has 0 aliphatic rings. The van der Waals surface area contributed by atoms with Crippen molar-refractivity contribution in [3.05, 3.63) is 65.5 Å². The van der Waals surface area contributed by atoms with Gasteiger partial charge in [0.1, 0.15) is 11.5 Å². The molecule has 0 fully saturated rings. The summed E-state index contributed by atoms with van der Waals surface area (Å²) in [4.78, 5) is 15.4. The number of ketones is 1. The Labute approximate surface area is 146 Å². The molecule has 0 spiro atoms. The molecule has 0 unspecified atom stereocenters. The SMILES string of the molecule is CC(=O)CCc1ccc(OCc2nc(-c3ccccc3C)no2)cc1. The van der Waals surface area contributed by atoms with Crippen LogP contribution in [0.3, 0.4) is 0 Å². The minimum atomic E-state index is 0.196. The maximum absolute atomic E-state index is 11.0. The summed E-state index contributed by atoms with van der Waals surface area (Å²) in [6.07, 6.45) is 1.31. The summed E-state index contributed by atoms with van der Waals surface area (Å²) in [5, 5.41) is 4.02. The highest BCUT2D eigenvalue weighted by molar-refractivity contribution is 5.75. The van der Waals surface area contributed by atoms with Crippen molar-refractivity contribution in [3.63, 3.8) is 0 Å². The average molecular weight is 336 g/mol. The van der Waals surface area contributed by atoms with E-state index in [1.54, 1.807) is 6.92 Å². The van der Waals surface area contributed by atoms with Gasteiger partial charge in [-0.15, -0.1) is 0 Å². The predicted molar refractivity (Wildman–Crippen MR) is 94.2 cm³/mol. The molecular weight excluding hydrogens is 316 g/mol. The third-order valence-corrected chi connectivity index (χ3v) is 3.91. The van der Waals surface area contributed by atoms with Crippen LogP contribution in [0.5, 0.6) is 5.75 Å². The van der Waals surface area contributed by atoms with Crippen molar-refractivity contribution in [2.45, 2.75) is 33.3 Å². The highest BCUT2D eigenvalue weighted by Crippen LogP contribution is 2.20. The van der Waals surface area contributed by atoms with Crippen molar-refractivity contribution < 1.29 is 14.1 Å². The lowest BCUT2D eigenvalue weighted by Gasteiger charge is -2.04. The van der Waals surface area contributed by atoms with E-state index in [4.69, 9.17) is 9.26 Å². The summed E-state index contributed by atoms with van der Waals surface area (Å²) in [5.74, 6) is 1.92. The van der Waals surface area contributed by atoms with E-state index in [9.17, 15) is 4.79 Å². The largest absolute Gasteiger partial charge is 0.484 e. The van der Waals surface area contributed by atoms with Gasteiger partial charge in [-0.2, -0.15) is 4.98 Å². The van der Waals surface area contributed by atoms with E-state index in [1.807, 2.05) is 55.5 Å². The van der Waals surface area contributed by atoms with Crippen molar-refractivity contribution in [2.24, 2.45) is 0 Å². The van der Waals surface area contributed by atoms with Gasteiger partial charge >= 0.3 is 0 Å². The smallest absolute Gasteiger partial charge is 0.264 e. The molecule has 0 N–H and O–H groups in total. The summed E-state index contributed by atoms with van der Waals surface area (Å²) in [7, 11) is 0. The molecule has 0 saturated heterocycles. The van der Waals surface area contributed by atoms with Gasteiger partial charge in [0.05, 0.1) is 0 Å². The zero-order valence-electron chi connectivity index (χ0n) is 14.4. The average Bonchev–Trinajstić information content (AvgIpc) is 3.08. The first-order chi connectivity index (χ1) is 12.1. The van der Waals surface area contributed by atoms with Crippen molar-refractivity contribution in [1.82, 2.24) is 10.1 Å². The first kappa shape index (κ1) is 16.9. The Balaban J connectivity index is 1.59. The Morgan fingerprint density at radius 3 is 2.60 bits per heavy atom. The molecule has 0 bridgehead atoms. The second-order valence-corrected chi connectivity index (χ2v) is 5.96. The summed E-state index contributed by atoms with van der Waals surface area (Å²) >= 11 is 0. The van der Waals surface area contributed by atoms with Gasteiger partial charge < -0.3 is 14.1 Å². The molecule has 0 aliphatic carbocycles. The summed E-state index contributed by atoms with van der Waals surface area (Å²) in [5.41, 5.74) is 3.16. The fourth-order valence-electron chi connectivity index (χ4n) is 2.46. The highest BCUT2D eigenvalue weighted by atomic mass is 16.5. The lowest BCUT2D eigenvalue weighted by atomic mass is 10.1. The van der Waals surface area contributed by atoms with Crippen LogP contribution in [-0.2, 0) is 17.8 Å². The van der Waals surface area contributed by atoms with Crippen molar-refractivity contribution in [2.75, 3.05) is 0 Å². The van der Waals surface area contributed by atoms with E-state index in [1.165, 1.54) is 0 Å². The maximum atomic E-state index is 11.0. The molecule has 5 heteroatoms. The number of aromatic nitrogens is 2. The molecular formula is C20H20N2O3. The monoisotopic (exact) mass is 336 g/mol. The van der Waals surface area contributed by atoms with E-state index in [2.05, 4.69) is 10.1 Å². The van der Waals surface area contributed by atoms with E-state index < -0.39 is 0 Å².